The Morgan fingerprint density at radius 1 is 1.28 bits per heavy atom. The minimum atomic E-state index is -1.01. The van der Waals surface area contributed by atoms with E-state index < -0.39 is 11.9 Å². The van der Waals surface area contributed by atoms with Gasteiger partial charge in [-0.2, -0.15) is 5.26 Å². The summed E-state index contributed by atoms with van der Waals surface area (Å²) < 4.78 is 5.67. The van der Waals surface area contributed by atoms with Crippen LogP contribution in [-0.2, 0) is 4.79 Å². The third-order valence-electron chi connectivity index (χ3n) is 3.53. The van der Waals surface area contributed by atoms with Crippen molar-refractivity contribution in [3.8, 4) is 17.4 Å². The number of nitrogens with one attached hydrogen (secondary N) is 1. The van der Waals surface area contributed by atoms with Crippen LogP contribution in [0, 0.1) is 18.3 Å². The van der Waals surface area contributed by atoms with Gasteiger partial charge in [0, 0.05) is 17.7 Å². The van der Waals surface area contributed by atoms with E-state index in [-0.39, 0.29) is 17.2 Å². The lowest BCUT2D eigenvalue weighted by atomic mass is 10.0. The largest absolute Gasteiger partial charge is 0.478 e. The van der Waals surface area contributed by atoms with Gasteiger partial charge < -0.3 is 14.8 Å². The minimum absolute atomic E-state index is 0.0643. The highest BCUT2D eigenvalue weighted by Crippen LogP contribution is 2.28. The molecule has 0 radical (unpaired) electrons. The zero-order chi connectivity index (χ0) is 18.6. The van der Waals surface area contributed by atoms with Crippen molar-refractivity contribution < 1.29 is 19.1 Å². The zero-order valence-corrected chi connectivity index (χ0v) is 14.2. The van der Waals surface area contributed by atoms with Crippen molar-refractivity contribution in [3.63, 3.8) is 0 Å². The standard InChI is InChI=1S/C19H18N2O4/c1-11(2)21-18(22)13(10-20)9-14-7-8-17(25-14)15-5-4-6-16(12(15)3)19(23)24/h4-9,11H,1-3H3,(H,21,22)(H,23,24)/b13-9-. The topological polar surface area (TPSA) is 103 Å². The summed E-state index contributed by atoms with van der Waals surface area (Å²) in [6.45, 7) is 5.31. The van der Waals surface area contributed by atoms with Gasteiger partial charge in [0.1, 0.15) is 23.2 Å². The van der Waals surface area contributed by atoms with Crippen molar-refractivity contribution in [3.05, 3.63) is 52.8 Å². The lowest BCUT2D eigenvalue weighted by molar-refractivity contribution is -0.117. The number of rotatable bonds is 5. The summed E-state index contributed by atoms with van der Waals surface area (Å²) in [6, 6.07) is 9.99. The predicted octanol–water partition coefficient (Wildman–Crippen LogP) is 3.38. The number of nitrogens with zero attached hydrogens (tertiary/aromatic N) is 1. The van der Waals surface area contributed by atoms with Crippen LogP contribution in [0.5, 0.6) is 0 Å². The number of hydrogen-bond acceptors (Lipinski definition) is 4. The van der Waals surface area contributed by atoms with Gasteiger partial charge in [0.2, 0.25) is 0 Å². The molecule has 0 aliphatic heterocycles. The van der Waals surface area contributed by atoms with Crippen molar-refractivity contribution in [2.24, 2.45) is 0 Å². The third kappa shape index (κ3) is 4.15. The third-order valence-corrected chi connectivity index (χ3v) is 3.53. The number of aromatic carboxylic acids is 1. The Morgan fingerprint density at radius 2 is 2.00 bits per heavy atom. The van der Waals surface area contributed by atoms with Gasteiger partial charge in [-0.15, -0.1) is 0 Å². The second-order valence-electron chi connectivity index (χ2n) is 5.78. The molecule has 0 unspecified atom stereocenters. The van der Waals surface area contributed by atoms with E-state index in [4.69, 9.17) is 9.68 Å². The quantitative estimate of drug-likeness (QED) is 0.642. The molecule has 2 N–H and O–H groups in total. The molecule has 25 heavy (non-hydrogen) atoms. The Bertz CT molecular complexity index is 885. The molecular weight excluding hydrogens is 320 g/mol. The molecule has 0 saturated carbocycles. The van der Waals surface area contributed by atoms with Crippen LogP contribution in [0.4, 0.5) is 0 Å². The number of nitriles is 1. The summed E-state index contributed by atoms with van der Waals surface area (Å²) in [5.41, 5.74) is 1.35. The number of hydrogen-bond donors (Lipinski definition) is 2. The highest BCUT2D eigenvalue weighted by atomic mass is 16.4. The second kappa shape index (κ2) is 7.49. The molecule has 0 atom stereocenters. The van der Waals surface area contributed by atoms with Crippen molar-refractivity contribution in [1.82, 2.24) is 5.32 Å². The molecule has 6 heteroatoms. The Hall–Kier alpha value is -3.33. The van der Waals surface area contributed by atoms with Gasteiger partial charge in [-0.1, -0.05) is 12.1 Å². The molecule has 0 bridgehead atoms. The van der Waals surface area contributed by atoms with Crippen LogP contribution in [0.3, 0.4) is 0 Å². The molecule has 2 aromatic rings. The lowest BCUT2D eigenvalue weighted by Gasteiger charge is -2.07. The van der Waals surface area contributed by atoms with E-state index in [0.29, 0.717) is 22.6 Å². The predicted molar refractivity (Wildman–Crippen MR) is 92.7 cm³/mol. The number of amides is 1. The second-order valence-corrected chi connectivity index (χ2v) is 5.78. The van der Waals surface area contributed by atoms with E-state index in [1.807, 2.05) is 6.07 Å². The molecule has 1 heterocycles. The summed E-state index contributed by atoms with van der Waals surface area (Å²) in [7, 11) is 0. The first kappa shape index (κ1) is 18.0. The van der Waals surface area contributed by atoms with E-state index in [9.17, 15) is 14.7 Å². The SMILES string of the molecule is Cc1c(C(=O)O)cccc1-c1ccc(/C=C(/C#N)C(=O)NC(C)C)o1. The average Bonchev–Trinajstić information content (AvgIpc) is 3.00. The van der Waals surface area contributed by atoms with Gasteiger partial charge in [0.25, 0.3) is 5.91 Å². The Morgan fingerprint density at radius 3 is 2.60 bits per heavy atom. The normalized spacial score (nSPS) is 11.2. The van der Waals surface area contributed by atoms with Crippen LogP contribution < -0.4 is 5.32 Å². The number of benzene rings is 1. The summed E-state index contributed by atoms with van der Waals surface area (Å²) in [5.74, 6) is -0.679. The van der Waals surface area contributed by atoms with E-state index in [0.717, 1.165) is 0 Å². The number of carboxylic acid groups (broad SMARTS) is 1. The maximum absolute atomic E-state index is 11.9. The van der Waals surface area contributed by atoms with Gasteiger partial charge in [0.05, 0.1) is 5.56 Å². The first-order chi connectivity index (χ1) is 11.8. The Balaban J connectivity index is 2.36. The van der Waals surface area contributed by atoms with Gasteiger partial charge in [0.15, 0.2) is 0 Å². The van der Waals surface area contributed by atoms with Gasteiger partial charge in [-0.05, 0) is 44.5 Å². The van der Waals surface area contributed by atoms with E-state index in [2.05, 4.69) is 5.32 Å². The molecule has 128 valence electrons. The number of carbonyl (C=O) groups is 2. The van der Waals surface area contributed by atoms with Crippen molar-refractivity contribution >= 4 is 18.0 Å². The molecule has 1 aromatic carbocycles. The fraction of sp³-hybridized carbons (Fsp3) is 0.211. The molecule has 6 nitrogen and oxygen atoms in total. The van der Waals surface area contributed by atoms with E-state index in [1.54, 1.807) is 45.0 Å². The van der Waals surface area contributed by atoms with Gasteiger partial charge in [-0.25, -0.2) is 4.79 Å². The smallest absolute Gasteiger partial charge is 0.335 e. The summed E-state index contributed by atoms with van der Waals surface area (Å²) in [6.07, 6.45) is 1.36. The lowest BCUT2D eigenvalue weighted by Crippen LogP contribution is -2.30. The summed E-state index contributed by atoms with van der Waals surface area (Å²) >= 11 is 0. The van der Waals surface area contributed by atoms with Crippen molar-refractivity contribution in [1.29, 1.82) is 5.26 Å². The highest BCUT2D eigenvalue weighted by Gasteiger charge is 2.15. The average molecular weight is 338 g/mol. The van der Waals surface area contributed by atoms with Crippen molar-refractivity contribution in [2.75, 3.05) is 0 Å². The Labute approximate surface area is 145 Å². The molecule has 2 rings (SSSR count). The molecule has 0 saturated heterocycles. The molecule has 1 aromatic heterocycles. The maximum atomic E-state index is 11.9. The molecule has 0 spiro atoms. The Kier molecular flexibility index (Phi) is 5.40. The summed E-state index contributed by atoms with van der Waals surface area (Å²) in [4.78, 5) is 23.2. The molecule has 0 aliphatic rings. The fourth-order valence-corrected chi connectivity index (χ4v) is 2.34. The first-order valence-corrected chi connectivity index (χ1v) is 7.69. The van der Waals surface area contributed by atoms with Crippen LogP contribution in [0.15, 0.2) is 40.3 Å². The number of furan rings is 1. The maximum Gasteiger partial charge on any atom is 0.335 e. The van der Waals surface area contributed by atoms with Gasteiger partial charge in [-0.3, -0.25) is 4.79 Å². The van der Waals surface area contributed by atoms with Crippen LogP contribution in [0.1, 0.15) is 35.5 Å². The summed E-state index contributed by atoms with van der Waals surface area (Å²) in [5, 5.41) is 21.0. The molecule has 0 aliphatic carbocycles. The minimum Gasteiger partial charge on any atom is -0.478 e. The van der Waals surface area contributed by atoms with Crippen LogP contribution in [0.25, 0.3) is 17.4 Å². The van der Waals surface area contributed by atoms with Gasteiger partial charge >= 0.3 is 5.97 Å². The monoisotopic (exact) mass is 338 g/mol. The van der Waals surface area contributed by atoms with E-state index in [1.165, 1.54) is 12.1 Å². The molecule has 1 amide bonds. The highest BCUT2D eigenvalue weighted by molar-refractivity contribution is 6.01. The fourth-order valence-electron chi connectivity index (χ4n) is 2.34. The molecule has 0 fully saturated rings. The van der Waals surface area contributed by atoms with Crippen LogP contribution in [-0.4, -0.2) is 23.0 Å². The molecular formula is C19H18N2O4. The van der Waals surface area contributed by atoms with Crippen LogP contribution in [0.2, 0.25) is 0 Å². The van der Waals surface area contributed by atoms with Crippen molar-refractivity contribution in [2.45, 2.75) is 26.8 Å². The number of carboxylic acids is 1. The zero-order valence-electron chi connectivity index (χ0n) is 14.2. The van der Waals surface area contributed by atoms with E-state index >= 15 is 0 Å². The number of carbonyl (C=O) groups excluding carboxylic acids is 1. The first-order valence-electron chi connectivity index (χ1n) is 7.69. The van der Waals surface area contributed by atoms with Crippen LogP contribution >= 0.6 is 0 Å².